The minimum Gasteiger partial charge on any atom is -0.465 e. The summed E-state index contributed by atoms with van der Waals surface area (Å²) in [5.74, 6) is -1.19. The second kappa shape index (κ2) is 9.46. The molecule has 0 unspecified atom stereocenters. The highest BCUT2D eigenvalue weighted by molar-refractivity contribution is 7.81. The topological polar surface area (TPSA) is 102 Å². The van der Waals surface area contributed by atoms with Gasteiger partial charge in [0.15, 0.2) is 16.6 Å². The largest absolute Gasteiger partial charge is 0.465 e. The number of carbonyl (C=O) groups is 2. The first kappa shape index (κ1) is 26.3. The lowest BCUT2D eigenvalue weighted by Crippen LogP contribution is -2.55. The summed E-state index contributed by atoms with van der Waals surface area (Å²) in [7, 11) is 0. The van der Waals surface area contributed by atoms with E-state index in [0.29, 0.717) is 24.0 Å². The van der Waals surface area contributed by atoms with Crippen molar-refractivity contribution in [2.75, 3.05) is 9.80 Å². The Morgan fingerprint density at radius 1 is 1.28 bits per heavy atom. The molecule has 13 heteroatoms. The van der Waals surface area contributed by atoms with Gasteiger partial charge in [0.1, 0.15) is 23.1 Å². The predicted molar refractivity (Wildman–Crippen MR) is 134 cm³/mol. The van der Waals surface area contributed by atoms with Gasteiger partial charge in [-0.15, -0.1) is 0 Å². The van der Waals surface area contributed by atoms with Crippen LogP contribution in [0.4, 0.5) is 28.9 Å². The predicted octanol–water partition coefficient (Wildman–Crippen LogP) is 5.00. The lowest BCUT2D eigenvalue weighted by molar-refractivity contribution is -0.138. The Morgan fingerprint density at radius 2 is 2.03 bits per heavy atom. The summed E-state index contributed by atoms with van der Waals surface area (Å²) in [6.07, 6.45) is -2.82. The van der Waals surface area contributed by atoms with Gasteiger partial charge in [-0.05, 0) is 68.7 Å². The Morgan fingerprint density at radius 3 is 2.62 bits per heavy atom. The number of rotatable bonds is 5. The molecule has 0 bridgehead atoms. The van der Waals surface area contributed by atoms with E-state index >= 15 is 4.39 Å². The number of nitriles is 1. The second-order valence-corrected chi connectivity index (χ2v) is 9.54. The molecule has 200 valence electrons. The molecule has 3 aromatic rings. The van der Waals surface area contributed by atoms with E-state index in [1.165, 1.54) is 29.2 Å². The van der Waals surface area contributed by atoms with Gasteiger partial charge in [0.05, 0.1) is 35.2 Å². The third kappa shape index (κ3) is 4.30. The van der Waals surface area contributed by atoms with Gasteiger partial charge >= 0.3 is 6.18 Å². The number of alkyl halides is 3. The van der Waals surface area contributed by atoms with Gasteiger partial charge in [0, 0.05) is 0 Å². The molecule has 1 aliphatic heterocycles. The van der Waals surface area contributed by atoms with Crippen LogP contribution in [-0.2, 0) is 17.5 Å². The summed E-state index contributed by atoms with van der Waals surface area (Å²) in [4.78, 5) is 32.2. The van der Waals surface area contributed by atoms with Crippen molar-refractivity contribution in [3.63, 3.8) is 0 Å². The Bertz CT molecular complexity index is 1560. The number of hydrogen-bond acceptors (Lipinski definition) is 6. The zero-order valence-corrected chi connectivity index (χ0v) is 21.1. The lowest BCUT2D eigenvalue weighted by atomic mass is 9.75. The Kier molecular flexibility index (Phi) is 6.38. The van der Waals surface area contributed by atoms with Gasteiger partial charge < -0.3 is 14.6 Å². The fourth-order valence-corrected chi connectivity index (χ4v) is 5.24. The van der Waals surface area contributed by atoms with Crippen LogP contribution in [0, 0.1) is 24.1 Å². The first-order chi connectivity index (χ1) is 18.5. The fraction of sp³-hybridized carbons (Fsp3) is 0.269. The van der Waals surface area contributed by atoms with E-state index in [4.69, 9.17) is 21.9 Å². The van der Waals surface area contributed by atoms with Crippen LogP contribution < -0.4 is 15.1 Å². The second-order valence-electron chi connectivity index (χ2n) is 9.18. The van der Waals surface area contributed by atoms with E-state index in [-0.39, 0.29) is 41.4 Å². The minimum absolute atomic E-state index is 0.0158. The Balaban J connectivity index is 1.51. The highest BCUT2D eigenvalue weighted by atomic mass is 32.1. The number of hydrogen-bond donors (Lipinski definition) is 1. The van der Waals surface area contributed by atoms with Gasteiger partial charge in [-0.1, -0.05) is 6.07 Å². The average Bonchev–Trinajstić information content (AvgIpc) is 3.39. The van der Waals surface area contributed by atoms with Gasteiger partial charge in [-0.25, -0.2) is 9.37 Å². The standard InChI is InChI=1S/C26H19F4N5O3S/c1-14-6-7-16(38-14)13-33-22(36)17-4-2-5-20(21(17)27)35-24(39)34(23(37)25(35)8-3-9-25)15-10-18(26(28,29)30)19(11-31)32-12-15/h2,4-7,10,12H,3,8-9,13H2,1H3,(H,33,36). The van der Waals surface area contributed by atoms with E-state index in [9.17, 15) is 22.8 Å². The maximum atomic E-state index is 15.8. The van der Waals surface area contributed by atoms with Crippen molar-refractivity contribution in [1.29, 1.82) is 5.26 Å². The summed E-state index contributed by atoms with van der Waals surface area (Å²) < 4.78 is 62.0. The molecule has 1 aliphatic carbocycles. The van der Waals surface area contributed by atoms with Crippen LogP contribution in [0.25, 0.3) is 0 Å². The van der Waals surface area contributed by atoms with E-state index in [0.717, 1.165) is 11.1 Å². The molecular formula is C26H19F4N5O3S. The molecule has 39 heavy (non-hydrogen) atoms. The number of halogens is 4. The number of thiocarbonyl (C=S) groups is 1. The van der Waals surface area contributed by atoms with Crippen LogP contribution in [0.5, 0.6) is 0 Å². The molecular weight excluding hydrogens is 538 g/mol. The molecule has 1 spiro atoms. The first-order valence-electron chi connectivity index (χ1n) is 11.8. The lowest BCUT2D eigenvalue weighted by Gasteiger charge is -2.43. The number of anilines is 2. The molecule has 2 aliphatic rings. The van der Waals surface area contributed by atoms with Crippen LogP contribution in [-0.4, -0.2) is 27.4 Å². The monoisotopic (exact) mass is 557 g/mol. The number of nitrogens with zero attached hydrogens (tertiary/aromatic N) is 4. The maximum Gasteiger partial charge on any atom is 0.419 e. The third-order valence-electron chi connectivity index (χ3n) is 6.82. The number of pyridine rings is 1. The number of amides is 2. The number of benzene rings is 1. The van der Waals surface area contributed by atoms with Crippen molar-refractivity contribution in [2.24, 2.45) is 0 Å². The maximum absolute atomic E-state index is 15.8. The third-order valence-corrected chi connectivity index (χ3v) is 7.18. The Hall–Kier alpha value is -4.31. The molecule has 2 aromatic heterocycles. The average molecular weight is 558 g/mol. The van der Waals surface area contributed by atoms with Crippen LogP contribution >= 0.6 is 12.2 Å². The van der Waals surface area contributed by atoms with E-state index in [2.05, 4.69) is 10.3 Å². The smallest absolute Gasteiger partial charge is 0.419 e. The Labute approximate surface area is 224 Å². The summed E-state index contributed by atoms with van der Waals surface area (Å²) in [6, 6.07) is 9.46. The van der Waals surface area contributed by atoms with Crippen LogP contribution in [0.1, 0.15) is 52.4 Å². The highest BCUT2D eigenvalue weighted by Crippen LogP contribution is 2.49. The zero-order chi connectivity index (χ0) is 28.1. The highest BCUT2D eigenvalue weighted by Gasteiger charge is 2.60. The van der Waals surface area contributed by atoms with Crippen molar-refractivity contribution in [3.8, 4) is 6.07 Å². The molecule has 1 saturated carbocycles. The summed E-state index contributed by atoms with van der Waals surface area (Å²) >= 11 is 5.51. The number of aromatic nitrogens is 1. The first-order valence-corrected chi connectivity index (χ1v) is 12.2. The van der Waals surface area contributed by atoms with E-state index < -0.39 is 40.6 Å². The normalized spacial score (nSPS) is 16.4. The van der Waals surface area contributed by atoms with Gasteiger partial charge in [0.25, 0.3) is 11.8 Å². The SMILES string of the molecule is Cc1ccc(CNC(=O)c2cccc(N3C(=S)N(c4cnc(C#N)c(C(F)(F)F)c4)C(=O)C34CCC4)c2F)o1. The minimum atomic E-state index is -4.91. The van der Waals surface area contributed by atoms with Gasteiger partial charge in [-0.2, -0.15) is 18.4 Å². The van der Waals surface area contributed by atoms with Crippen LogP contribution in [0.2, 0.25) is 0 Å². The molecule has 2 amide bonds. The molecule has 0 radical (unpaired) electrons. The molecule has 1 saturated heterocycles. The van der Waals surface area contributed by atoms with Crippen molar-refractivity contribution >= 4 is 40.5 Å². The van der Waals surface area contributed by atoms with Gasteiger partial charge in [-0.3, -0.25) is 14.5 Å². The molecule has 2 fully saturated rings. The quantitative estimate of drug-likeness (QED) is 0.348. The molecule has 3 heterocycles. The van der Waals surface area contributed by atoms with Crippen molar-refractivity contribution < 1.29 is 31.6 Å². The number of carbonyl (C=O) groups excluding carboxylic acids is 2. The summed E-state index contributed by atoms with van der Waals surface area (Å²) in [5.41, 5.74) is -4.27. The molecule has 0 atom stereocenters. The number of furan rings is 1. The fourth-order valence-electron chi connectivity index (χ4n) is 4.78. The van der Waals surface area contributed by atoms with Crippen molar-refractivity contribution in [2.45, 2.75) is 44.4 Å². The molecule has 1 aromatic carbocycles. The van der Waals surface area contributed by atoms with E-state index in [1.54, 1.807) is 19.1 Å². The summed E-state index contributed by atoms with van der Waals surface area (Å²) in [5, 5.41) is 11.4. The van der Waals surface area contributed by atoms with Crippen LogP contribution in [0.3, 0.4) is 0 Å². The zero-order valence-electron chi connectivity index (χ0n) is 20.3. The molecule has 5 rings (SSSR count). The van der Waals surface area contributed by atoms with Crippen molar-refractivity contribution in [1.82, 2.24) is 10.3 Å². The number of aryl methyl sites for hydroxylation is 1. The van der Waals surface area contributed by atoms with Crippen molar-refractivity contribution in [3.05, 3.63) is 76.8 Å². The number of nitrogens with one attached hydrogen (secondary N) is 1. The van der Waals surface area contributed by atoms with Crippen LogP contribution in [0.15, 0.2) is 47.0 Å². The van der Waals surface area contributed by atoms with Gasteiger partial charge in [0.2, 0.25) is 0 Å². The molecule has 1 N–H and O–H groups in total. The molecule has 8 nitrogen and oxygen atoms in total. The summed E-state index contributed by atoms with van der Waals surface area (Å²) in [6.45, 7) is 1.76. The van der Waals surface area contributed by atoms with E-state index in [1.807, 2.05) is 0 Å².